The zero-order valence-electron chi connectivity index (χ0n) is 13.1. The lowest BCUT2D eigenvalue weighted by atomic mass is 9.74. The zero-order chi connectivity index (χ0) is 15.2. The number of hydrogen-bond donors (Lipinski definition) is 1. The van der Waals surface area contributed by atoms with Crippen LogP contribution in [0.15, 0.2) is 48.5 Å². The van der Waals surface area contributed by atoms with Crippen molar-refractivity contribution in [2.75, 3.05) is 37.3 Å². The third kappa shape index (κ3) is 2.00. The maximum atomic E-state index is 6.25. The van der Waals surface area contributed by atoms with Crippen LogP contribution in [0.25, 0.3) is 0 Å². The van der Waals surface area contributed by atoms with Crippen LogP contribution in [0.2, 0.25) is 0 Å². The van der Waals surface area contributed by atoms with Gasteiger partial charge in [-0.3, -0.25) is 0 Å². The fourth-order valence-electron chi connectivity index (χ4n) is 4.05. The quantitative estimate of drug-likeness (QED) is 0.818. The molecule has 0 bridgehead atoms. The smallest absolute Gasteiger partial charge is 0.0644 e. The Balaban J connectivity index is 1.79. The van der Waals surface area contributed by atoms with Crippen molar-refractivity contribution in [2.24, 2.45) is 0 Å². The summed E-state index contributed by atoms with van der Waals surface area (Å²) in [5, 5.41) is 0. The zero-order valence-corrected chi connectivity index (χ0v) is 13.1. The average molecular weight is 293 g/mol. The van der Waals surface area contributed by atoms with Crippen molar-refractivity contribution in [1.29, 1.82) is 0 Å². The van der Waals surface area contributed by atoms with Crippen LogP contribution in [0.1, 0.15) is 18.4 Å². The molecule has 1 fully saturated rings. The molecule has 1 saturated heterocycles. The van der Waals surface area contributed by atoms with E-state index in [0.717, 1.165) is 17.9 Å². The van der Waals surface area contributed by atoms with E-state index in [1.807, 2.05) is 12.1 Å². The molecular formula is C19H23N3. The summed E-state index contributed by atoms with van der Waals surface area (Å²) in [4.78, 5) is 4.86. The van der Waals surface area contributed by atoms with Gasteiger partial charge in [0.15, 0.2) is 0 Å². The van der Waals surface area contributed by atoms with Crippen LogP contribution in [0.3, 0.4) is 0 Å². The Hall–Kier alpha value is -2.00. The highest BCUT2D eigenvalue weighted by molar-refractivity contribution is 5.79. The molecule has 114 valence electrons. The topological polar surface area (TPSA) is 32.5 Å². The summed E-state index contributed by atoms with van der Waals surface area (Å²) in [6.07, 6.45) is 2.45. The Morgan fingerprint density at radius 1 is 0.909 bits per heavy atom. The van der Waals surface area contributed by atoms with Crippen LogP contribution in [-0.2, 0) is 5.41 Å². The minimum Gasteiger partial charge on any atom is -0.397 e. The van der Waals surface area contributed by atoms with Crippen molar-refractivity contribution in [3.63, 3.8) is 0 Å². The number of para-hydroxylation sites is 3. The van der Waals surface area contributed by atoms with Crippen LogP contribution < -0.4 is 10.6 Å². The third-order valence-electron chi connectivity index (χ3n) is 5.40. The lowest BCUT2D eigenvalue weighted by molar-refractivity contribution is 0.198. The van der Waals surface area contributed by atoms with Gasteiger partial charge in [-0.2, -0.15) is 0 Å². The second-order valence-electron chi connectivity index (χ2n) is 6.75. The molecular weight excluding hydrogens is 270 g/mol. The van der Waals surface area contributed by atoms with Gasteiger partial charge in [0.2, 0.25) is 0 Å². The molecule has 0 aliphatic carbocycles. The van der Waals surface area contributed by atoms with Gasteiger partial charge in [-0.05, 0) is 56.7 Å². The summed E-state index contributed by atoms with van der Waals surface area (Å²) in [5.41, 5.74) is 11.4. The predicted octanol–water partition coefficient (Wildman–Crippen LogP) is 3.38. The molecule has 2 aliphatic rings. The third-order valence-corrected chi connectivity index (χ3v) is 5.40. The number of likely N-dealkylation sites (tertiary alicyclic amines) is 1. The van der Waals surface area contributed by atoms with Crippen molar-refractivity contribution in [3.05, 3.63) is 54.1 Å². The highest BCUT2D eigenvalue weighted by Crippen LogP contribution is 2.50. The first kappa shape index (κ1) is 13.6. The minimum atomic E-state index is 0.283. The van der Waals surface area contributed by atoms with Crippen molar-refractivity contribution in [1.82, 2.24) is 4.90 Å². The fourth-order valence-corrected chi connectivity index (χ4v) is 4.05. The Labute approximate surface area is 132 Å². The normalized spacial score (nSPS) is 20.3. The number of nitrogens with two attached hydrogens (primary N) is 1. The number of hydrogen-bond acceptors (Lipinski definition) is 3. The molecule has 2 aromatic rings. The summed E-state index contributed by atoms with van der Waals surface area (Å²) >= 11 is 0. The highest BCUT2D eigenvalue weighted by atomic mass is 15.2. The summed E-state index contributed by atoms with van der Waals surface area (Å²) in [7, 11) is 2.22. The standard InChI is InChI=1S/C19H23N3/c1-21-12-10-19(11-13-21)14-22(17-8-4-2-6-15(17)19)18-9-5-3-7-16(18)20/h2-9H,10-14,20H2,1H3. The van der Waals surface area contributed by atoms with Crippen LogP contribution in [0, 0.1) is 0 Å². The minimum absolute atomic E-state index is 0.283. The Morgan fingerprint density at radius 3 is 2.27 bits per heavy atom. The van der Waals surface area contributed by atoms with Gasteiger partial charge in [-0.15, -0.1) is 0 Å². The molecule has 2 heterocycles. The molecule has 0 unspecified atom stereocenters. The van der Waals surface area contributed by atoms with Gasteiger partial charge in [0.05, 0.1) is 11.4 Å². The number of rotatable bonds is 1. The number of benzene rings is 2. The Kier molecular flexibility index (Phi) is 3.12. The van der Waals surface area contributed by atoms with E-state index < -0.39 is 0 Å². The fraction of sp³-hybridized carbons (Fsp3) is 0.368. The first-order valence-corrected chi connectivity index (χ1v) is 8.10. The molecule has 3 heteroatoms. The van der Waals surface area contributed by atoms with Crippen molar-refractivity contribution < 1.29 is 0 Å². The van der Waals surface area contributed by atoms with Crippen molar-refractivity contribution >= 4 is 17.1 Å². The molecule has 2 aromatic carbocycles. The molecule has 2 aliphatic heterocycles. The van der Waals surface area contributed by atoms with E-state index in [1.54, 1.807) is 0 Å². The number of fused-ring (bicyclic) bond motifs is 2. The lowest BCUT2D eigenvalue weighted by Crippen LogP contribution is -2.43. The summed E-state index contributed by atoms with van der Waals surface area (Å²) in [6, 6.07) is 17.1. The second kappa shape index (κ2) is 5.03. The first-order valence-electron chi connectivity index (χ1n) is 8.10. The van der Waals surface area contributed by atoms with Crippen molar-refractivity contribution in [3.8, 4) is 0 Å². The van der Waals surface area contributed by atoms with E-state index in [1.165, 1.54) is 37.2 Å². The molecule has 2 N–H and O–H groups in total. The largest absolute Gasteiger partial charge is 0.397 e. The summed E-state index contributed by atoms with van der Waals surface area (Å²) < 4.78 is 0. The van der Waals surface area contributed by atoms with Gasteiger partial charge in [0, 0.05) is 17.6 Å². The second-order valence-corrected chi connectivity index (χ2v) is 6.75. The predicted molar refractivity (Wildman–Crippen MR) is 92.7 cm³/mol. The van der Waals surface area contributed by atoms with E-state index >= 15 is 0 Å². The SMILES string of the molecule is CN1CCC2(CC1)CN(c1ccccc1N)c1ccccc12. The molecule has 4 rings (SSSR count). The number of nitrogens with zero attached hydrogens (tertiary/aromatic N) is 2. The first-order chi connectivity index (χ1) is 10.7. The maximum absolute atomic E-state index is 6.25. The molecule has 0 amide bonds. The van der Waals surface area contributed by atoms with Gasteiger partial charge >= 0.3 is 0 Å². The van der Waals surface area contributed by atoms with Crippen LogP contribution >= 0.6 is 0 Å². The van der Waals surface area contributed by atoms with Crippen molar-refractivity contribution in [2.45, 2.75) is 18.3 Å². The molecule has 0 aromatic heterocycles. The maximum Gasteiger partial charge on any atom is 0.0644 e. The van der Waals surface area contributed by atoms with E-state index in [4.69, 9.17) is 5.73 Å². The van der Waals surface area contributed by atoms with E-state index in [-0.39, 0.29) is 5.41 Å². The Bertz CT molecular complexity index is 687. The van der Waals surface area contributed by atoms with Crippen LogP contribution in [-0.4, -0.2) is 31.6 Å². The molecule has 0 radical (unpaired) electrons. The highest BCUT2D eigenvalue weighted by Gasteiger charge is 2.44. The van der Waals surface area contributed by atoms with Crippen LogP contribution in [0.5, 0.6) is 0 Å². The van der Waals surface area contributed by atoms with E-state index in [2.05, 4.69) is 53.2 Å². The van der Waals surface area contributed by atoms with Gasteiger partial charge in [-0.1, -0.05) is 30.3 Å². The number of piperidine rings is 1. The van der Waals surface area contributed by atoms with Gasteiger partial charge in [-0.25, -0.2) is 0 Å². The molecule has 0 atom stereocenters. The van der Waals surface area contributed by atoms with E-state index in [0.29, 0.717) is 0 Å². The molecule has 0 saturated carbocycles. The van der Waals surface area contributed by atoms with E-state index in [9.17, 15) is 0 Å². The average Bonchev–Trinajstić information content (AvgIpc) is 2.86. The van der Waals surface area contributed by atoms with Gasteiger partial charge < -0.3 is 15.5 Å². The van der Waals surface area contributed by atoms with Crippen LogP contribution in [0.4, 0.5) is 17.1 Å². The number of nitrogen functional groups attached to an aromatic ring is 1. The lowest BCUT2D eigenvalue weighted by Gasteiger charge is -2.38. The monoisotopic (exact) mass is 293 g/mol. The van der Waals surface area contributed by atoms with Gasteiger partial charge in [0.1, 0.15) is 0 Å². The molecule has 1 spiro atoms. The molecule has 22 heavy (non-hydrogen) atoms. The summed E-state index contributed by atoms with van der Waals surface area (Å²) in [6.45, 7) is 3.40. The van der Waals surface area contributed by atoms with Gasteiger partial charge in [0.25, 0.3) is 0 Å². The number of anilines is 3. The summed E-state index contributed by atoms with van der Waals surface area (Å²) in [5.74, 6) is 0. The Morgan fingerprint density at radius 2 is 1.55 bits per heavy atom. The molecule has 3 nitrogen and oxygen atoms in total.